The van der Waals surface area contributed by atoms with Gasteiger partial charge < -0.3 is 28.8 Å². The zero-order valence-corrected chi connectivity index (χ0v) is 23.0. The Morgan fingerprint density at radius 2 is 1.52 bits per heavy atom. The maximum Gasteiger partial charge on any atom is 0.303 e. The number of hydrogen-bond donors (Lipinski definition) is 1. The fourth-order valence-corrected chi connectivity index (χ4v) is 4.55. The Bertz CT molecular complexity index is 1320. The molecular formula is C28H28ClNO10. The maximum atomic E-state index is 12.2. The number of carbonyl (C=O) groups is 4. The second-order valence-corrected chi connectivity index (χ2v) is 9.53. The molecule has 2 aromatic carbocycles. The molecule has 0 bridgehead atoms. The SMILES string of the molecule is CC(=O)OC[C@H]1O[C@](O)(c2ccc(Cl)c(Cc3ccc(C#N)cc3)c2)[C@H](OC(C)=O)[C@@H](OC(C)=O)[C@@H]1OC(C)=O. The summed E-state index contributed by atoms with van der Waals surface area (Å²) in [5.74, 6) is -5.63. The molecule has 1 heterocycles. The Morgan fingerprint density at radius 1 is 0.925 bits per heavy atom. The van der Waals surface area contributed by atoms with Crippen LogP contribution in [0.1, 0.15) is 49.9 Å². The van der Waals surface area contributed by atoms with Crippen LogP contribution in [0.25, 0.3) is 0 Å². The van der Waals surface area contributed by atoms with Crippen LogP contribution in [0.3, 0.4) is 0 Å². The minimum absolute atomic E-state index is 0.0676. The van der Waals surface area contributed by atoms with Crippen LogP contribution < -0.4 is 0 Å². The van der Waals surface area contributed by atoms with Crippen LogP contribution in [0.4, 0.5) is 0 Å². The van der Waals surface area contributed by atoms with Gasteiger partial charge in [0.05, 0.1) is 11.6 Å². The maximum absolute atomic E-state index is 12.2. The molecular weight excluding hydrogens is 546 g/mol. The van der Waals surface area contributed by atoms with Crippen molar-refractivity contribution in [3.05, 3.63) is 69.7 Å². The van der Waals surface area contributed by atoms with Crippen molar-refractivity contribution in [2.24, 2.45) is 0 Å². The molecule has 1 aliphatic rings. The lowest BCUT2D eigenvalue weighted by atomic mass is 9.86. The second-order valence-electron chi connectivity index (χ2n) is 9.13. The minimum Gasteiger partial charge on any atom is -0.463 e. The highest BCUT2D eigenvalue weighted by Crippen LogP contribution is 2.42. The molecule has 1 N–H and O–H groups in total. The van der Waals surface area contributed by atoms with E-state index < -0.39 is 60.7 Å². The van der Waals surface area contributed by atoms with Gasteiger partial charge in [-0.05, 0) is 41.8 Å². The molecule has 11 nitrogen and oxygen atoms in total. The number of rotatable bonds is 8. The topological polar surface area (TPSA) is 158 Å². The first-order valence-electron chi connectivity index (χ1n) is 12.2. The predicted molar refractivity (Wildman–Crippen MR) is 137 cm³/mol. The summed E-state index contributed by atoms with van der Waals surface area (Å²) in [7, 11) is 0. The van der Waals surface area contributed by atoms with Crippen molar-refractivity contribution in [3.63, 3.8) is 0 Å². The normalized spacial score (nSPS) is 23.8. The lowest BCUT2D eigenvalue weighted by molar-refractivity contribution is -0.360. The predicted octanol–water partition coefficient (Wildman–Crippen LogP) is 2.70. The monoisotopic (exact) mass is 573 g/mol. The molecule has 40 heavy (non-hydrogen) atoms. The van der Waals surface area contributed by atoms with Crippen molar-refractivity contribution < 1.29 is 48.0 Å². The third kappa shape index (κ3) is 7.35. The van der Waals surface area contributed by atoms with E-state index in [0.29, 0.717) is 22.6 Å². The molecule has 0 saturated carbocycles. The molecule has 2 aromatic rings. The lowest BCUT2D eigenvalue weighted by Gasteiger charge is -2.48. The molecule has 3 rings (SSSR count). The Morgan fingerprint density at radius 3 is 2.08 bits per heavy atom. The average Bonchev–Trinajstić information content (AvgIpc) is 2.87. The number of nitrogens with zero attached hydrogens (tertiary/aromatic N) is 1. The van der Waals surface area contributed by atoms with Gasteiger partial charge in [0, 0.05) is 38.3 Å². The van der Waals surface area contributed by atoms with Gasteiger partial charge in [-0.2, -0.15) is 5.26 Å². The van der Waals surface area contributed by atoms with E-state index >= 15 is 0 Å². The van der Waals surface area contributed by atoms with Crippen LogP contribution >= 0.6 is 11.6 Å². The van der Waals surface area contributed by atoms with Gasteiger partial charge in [-0.1, -0.05) is 29.8 Å². The molecule has 1 fully saturated rings. The second kappa shape index (κ2) is 12.9. The van der Waals surface area contributed by atoms with Crippen LogP contribution in [0.5, 0.6) is 0 Å². The zero-order valence-electron chi connectivity index (χ0n) is 22.2. The molecule has 0 amide bonds. The van der Waals surface area contributed by atoms with Gasteiger partial charge >= 0.3 is 23.9 Å². The molecule has 0 aromatic heterocycles. The third-order valence-electron chi connectivity index (χ3n) is 5.99. The Hall–Kier alpha value is -3.98. The first kappa shape index (κ1) is 30.6. The number of ether oxygens (including phenoxy) is 5. The summed E-state index contributed by atoms with van der Waals surface area (Å²) in [5.41, 5.74) is 1.91. The number of aliphatic hydroxyl groups is 1. The summed E-state index contributed by atoms with van der Waals surface area (Å²) < 4.78 is 27.2. The highest BCUT2D eigenvalue weighted by Gasteiger charge is 2.60. The van der Waals surface area contributed by atoms with Gasteiger partial charge in [0.15, 0.2) is 12.2 Å². The quantitative estimate of drug-likeness (QED) is 0.365. The molecule has 0 unspecified atom stereocenters. The molecule has 5 atom stereocenters. The molecule has 0 aliphatic carbocycles. The standard InChI is InChI=1S/C28H28ClNO10/c1-15(31)36-14-24-25(37-16(2)32)26(38-17(3)33)27(39-18(4)34)28(35,40-24)22-9-10-23(29)21(12-22)11-19-5-7-20(13-30)8-6-19/h5-10,12,24-27,35H,11,14H2,1-4H3/t24-,25-,26+,27-,28-/m1/s1. The van der Waals surface area contributed by atoms with Crippen molar-refractivity contribution in [2.45, 2.75) is 64.3 Å². The van der Waals surface area contributed by atoms with Crippen molar-refractivity contribution in [1.82, 2.24) is 0 Å². The van der Waals surface area contributed by atoms with E-state index in [9.17, 15) is 24.3 Å². The lowest BCUT2D eigenvalue weighted by Crippen LogP contribution is -2.66. The number of esters is 4. The van der Waals surface area contributed by atoms with E-state index in [2.05, 4.69) is 0 Å². The van der Waals surface area contributed by atoms with E-state index in [1.54, 1.807) is 24.3 Å². The summed E-state index contributed by atoms with van der Waals surface area (Å²) >= 11 is 6.46. The van der Waals surface area contributed by atoms with E-state index in [-0.39, 0.29) is 5.56 Å². The van der Waals surface area contributed by atoms with E-state index in [0.717, 1.165) is 33.3 Å². The minimum atomic E-state index is -2.47. The summed E-state index contributed by atoms with van der Waals surface area (Å²) in [4.78, 5) is 47.8. The molecule has 12 heteroatoms. The van der Waals surface area contributed by atoms with E-state index in [1.807, 2.05) is 6.07 Å². The summed E-state index contributed by atoms with van der Waals surface area (Å²) in [6.45, 7) is 3.92. The first-order chi connectivity index (χ1) is 18.8. The zero-order chi connectivity index (χ0) is 29.6. The van der Waals surface area contributed by atoms with Gasteiger partial charge in [-0.3, -0.25) is 19.2 Å². The van der Waals surface area contributed by atoms with Crippen molar-refractivity contribution >= 4 is 35.5 Å². The van der Waals surface area contributed by atoms with Crippen LogP contribution in [-0.2, 0) is 55.1 Å². The van der Waals surface area contributed by atoms with E-state index in [4.69, 9.17) is 40.5 Å². The Balaban J connectivity index is 2.13. The van der Waals surface area contributed by atoms with Crippen LogP contribution in [-0.4, -0.2) is 60.0 Å². The van der Waals surface area contributed by atoms with Gasteiger partial charge in [-0.15, -0.1) is 0 Å². The molecule has 0 radical (unpaired) electrons. The number of hydrogen-bond acceptors (Lipinski definition) is 11. The Labute approximate surface area is 235 Å². The fourth-order valence-electron chi connectivity index (χ4n) is 4.36. The van der Waals surface area contributed by atoms with E-state index in [1.165, 1.54) is 18.2 Å². The van der Waals surface area contributed by atoms with Gasteiger partial charge in [0.1, 0.15) is 12.7 Å². The first-order valence-corrected chi connectivity index (χ1v) is 12.5. The van der Waals surface area contributed by atoms with Crippen LogP contribution in [0, 0.1) is 11.3 Å². The van der Waals surface area contributed by atoms with Gasteiger partial charge in [-0.25, -0.2) is 0 Å². The average molecular weight is 574 g/mol. The smallest absolute Gasteiger partial charge is 0.303 e. The Kier molecular flexibility index (Phi) is 9.87. The highest BCUT2D eigenvalue weighted by molar-refractivity contribution is 6.31. The molecule has 0 spiro atoms. The van der Waals surface area contributed by atoms with Gasteiger partial charge in [0.25, 0.3) is 0 Å². The number of halogens is 1. The third-order valence-corrected chi connectivity index (χ3v) is 6.36. The summed E-state index contributed by atoms with van der Waals surface area (Å²) in [6, 6.07) is 13.3. The number of nitriles is 1. The molecule has 1 aliphatic heterocycles. The summed E-state index contributed by atoms with van der Waals surface area (Å²) in [6.07, 6.45) is -5.73. The van der Waals surface area contributed by atoms with Crippen molar-refractivity contribution in [2.75, 3.05) is 6.61 Å². The molecule has 212 valence electrons. The van der Waals surface area contributed by atoms with Crippen molar-refractivity contribution in [3.8, 4) is 6.07 Å². The van der Waals surface area contributed by atoms with Crippen LogP contribution in [0.2, 0.25) is 5.02 Å². The largest absolute Gasteiger partial charge is 0.463 e. The fraction of sp³-hybridized carbons (Fsp3) is 0.393. The number of carbonyl (C=O) groups excluding carboxylic acids is 4. The van der Waals surface area contributed by atoms with Crippen molar-refractivity contribution in [1.29, 1.82) is 5.26 Å². The highest BCUT2D eigenvalue weighted by atomic mass is 35.5. The van der Waals surface area contributed by atoms with Gasteiger partial charge in [0.2, 0.25) is 11.9 Å². The number of benzene rings is 2. The summed E-state index contributed by atoms with van der Waals surface area (Å²) in [5, 5.41) is 21.4. The van der Waals surface area contributed by atoms with Crippen LogP contribution in [0.15, 0.2) is 42.5 Å². The molecule has 1 saturated heterocycles.